The molecule has 1 aliphatic rings. The standard InChI is InChI=1S/C11H23NO3S/c1-4-11(5-2,9-13)8-12-6-10(3)7-16(12,14)15/h10,13H,4-9H2,1-3H3. The van der Waals surface area contributed by atoms with Gasteiger partial charge in [-0.25, -0.2) is 12.7 Å². The van der Waals surface area contributed by atoms with Gasteiger partial charge in [0.1, 0.15) is 0 Å². The lowest BCUT2D eigenvalue weighted by molar-refractivity contribution is 0.0923. The molecule has 16 heavy (non-hydrogen) atoms. The van der Waals surface area contributed by atoms with Crippen molar-refractivity contribution < 1.29 is 13.5 Å². The summed E-state index contributed by atoms with van der Waals surface area (Å²) in [7, 11) is -3.08. The summed E-state index contributed by atoms with van der Waals surface area (Å²) in [6, 6.07) is 0. The van der Waals surface area contributed by atoms with Gasteiger partial charge in [0.05, 0.1) is 5.75 Å². The topological polar surface area (TPSA) is 57.6 Å². The normalized spacial score (nSPS) is 26.1. The molecule has 0 bridgehead atoms. The first-order chi connectivity index (χ1) is 7.39. The van der Waals surface area contributed by atoms with Gasteiger partial charge in [-0.1, -0.05) is 20.8 Å². The summed E-state index contributed by atoms with van der Waals surface area (Å²) in [6.07, 6.45) is 1.61. The van der Waals surface area contributed by atoms with Crippen molar-refractivity contribution in [2.45, 2.75) is 33.6 Å². The van der Waals surface area contributed by atoms with Crippen LogP contribution in [0.3, 0.4) is 0 Å². The van der Waals surface area contributed by atoms with Crippen LogP contribution in [0, 0.1) is 11.3 Å². The van der Waals surface area contributed by atoms with Crippen LogP contribution in [-0.4, -0.2) is 43.3 Å². The van der Waals surface area contributed by atoms with E-state index in [1.54, 1.807) is 4.31 Å². The first-order valence-electron chi connectivity index (χ1n) is 5.98. The van der Waals surface area contributed by atoms with E-state index in [-0.39, 0.29) is 23.7 Å². The van der Waals surface area contributed by atoms with Crippen molar-refractivity contribution >= 4 is 10.0 Å². The maximum atomic E-state index is 11.8. The molecule has 1 fully saturated rings. The molecule has 0 radical (unpaired) electrons. The van der Waals surface area contributed by atoms with Crippen LogP contribution in [-0.2, 0) is 10.0 Å². The van der Waals surface area contributed by atoms with Gasteiger partial charge in [0.2, 0.25) is 10.0 Å². The molecule has 1 N–H and O–H groups in total. The molecule has 1 atom stereocenters. The van der Waals surface area contributed by atoms with Crippen LogP contribution >= 0.6 is 0 Å². The minimum absolute atomic E-state index is 0.0560. The van der Waals surface area contributed by atoms with Crippen molar-refractivity contribution in [3.05, 3.63) is 0 Å². The summed E-state index contributed by atoms with van der Waals surface area (Å²) >= 11 is 0. The van der Waals surface area contributed by atoms with E-state index in [0.29, 0.717) is 13.1 Å². The fraction of sp³-hybridized carbons (Fsp3) is 1.00. The summed E-state index contributed by atoms with van der Waals surface area (Å²) < 4.78 is 25.2. The third kappa shape index (κ3) is 2.76. The van der Waals surface area contributed by atoms with E-state index in [1.807, 2.05) is 20.8 Å². The molecule has 96 valence electrons. The number of hydrogen-bond donors (Lipinski definition) is 1. The van der Waals surface area contributed by atoms with Gasteiger partial charge in [-0.15, -0.1) is 0 Å². The van der Waals surface area contributed by atoms with Gasteiger partial charge in [-0.2, -0.15) is 0 Å². The highest BCUT2D eigenvalue weighted by Gasteiger charge is 2.38. The van der Waals surface area contributed by atoms with E-state index in [2.05, 4.69) is 0 Å². The van der Waals surface area contributed by atoms with Crippen molar-refractivity contribution in [1.82, 2.24) is 4.31 Å². The lowest BCUT2D eigenvalue weighted by atomic mass is 9.83. The minimum Gasteiger partial charge on any atom is -0.396 e. The van der Waals surface area contributed by atoms with Crippen LogP contribution in [0.4, 0.5) is 0 Å². The van der Waals surface area contributed by atoms with Gasteiger partial charge in [0.25, 0.3) is 0 Å². The molecule has 1 aliphatic heterocycles. The fourth-order valence-corrected chi connectivity index (χ4v) is 4.25. The summed E-state index contributed by atoms with van der Waals surface area (Å²) in [5.41, 5.74) is -0.267. The molecule has 0 spiro atoms. The Morgan fingerprint density at radius 3 is 2.25 bits per heavy atom. The molecule has 5 heteroatoms. The van der Waals surface area contributed by atoms with Gasteiger partial charge in [-0.3, -0.25) is 0 Å². The molecule has 1 saturated heterocycles. The Labute approximate surface area is 98.7 Å². The first-order valence-corrected chi connectivity index (χ1v) is 7.58. The van der Waals surface area contributed by atoms with Crippen molar-refractivity contribution in [3.63, 3.8) is 0 Å². The summed E-state index contributed by atoms with van der Waals surface area (Å²) in [6.45, 7) is 7.08. The molecule has 0 aliphatic carbocycles. The fourth-order valence-electron chi connectivity index (χ4n) is 2.26. The third-order valence-corrected chi connectivity index (χ3v) is 5.81. The van der Waals surface area contributed by atoms with Gasteiger partial charge < -0.3 is 5.11 Å². The van der Waals surface area contributed by atoms with Crippen molar-refractivity contribution in [2.24, 2.45) is 11.3 Å². The van der Waals surface area contributed by atoms with Gasteiger partial charge in [0, 0.05) is 25.1 Å². The van der Waals surface area contributed by atoms with Crippen LogP contribution in [0.5, 0.6) is 0 Å². The van der Waals surface area contributed by atoms with Crippen LogP contribution in [0.15, 0.2) is 0 Å². The van der Waals surface area contributed by atoms with Crippen LogP contribution < -0.4 is 0 Å². The highest BCUT2D eigenvalue weighted by molar-refractivity contribution is 7.89. The smallest absolute Gasteiger partial charge is 0.214 e. The molecule has 0 aromatic carbocycles. The predicted molar refractivity (Wildman–Crippen MR) is 64.6 cm³/mol. The Morgan fingerprint density at radius 2 is 1.94 bits per heavy atom. The second-order valence-electron chi connectivity index (χ2n) is 5.04. The number of rotatable bonds is 5. The molecule has 1 rings (SSSR count). The predicted octanol–water partition coefficient (Wildman–Crippen LogP) is 1.07. The molecule has 4 nitrogen and oxygen atoms in total. The van der Waals surface area contributed by atoms with E-state index in [1.165, 1.54) is 0 Å². The van der Waals surface area contributed by atoms with Gasteiger partial charge >= 0.3 is 0 Å². The van der Waals surface area contributed by atoms with Crippen molar-refractivity contribution in [3.8, 4) is 0 Å². The zero-order chi connectivity index (χ0) is 12.4. The molecule has 0 aromatic heterocycles. The summed E-state index contributed by atoms with van der Waals surface area (Å²) in [4.78, 5) is 0. The average Bonchev–Trinajstić information content (AvgIpc) is 2.48. The highest BCUT2D eigenvalue weighted by Crippen LogP contribution is 2.30. The Balaban J connectivity index is 2.80. The molecule has 0 amide bonds. The number of nitrogens with zero attached hydrogens (tertiary/aromatic N) is 1. The lowest BCUT2D eigenvalue weighted by Gasteiger charge is -2.33. The van der Waals surface area contributed by atoms with Crippen LogP contribution in [0.1, 0.15) is 33.6 Å². The van der Waals surface area contributed by atoms with Crippen LogP contribution in [0.2, 0.25) is 0 Å². The van der Waals surface area contributed by atoms with Crippen molar-refractivity contribution in [2.75, 3.05) is 25.4 Å². The number of aliphatic hydroxyl groups excluding tert-OH is 1. The largest absolute Gasteiger partial charge is 0.396 e. The van der Waals surface area contributed by atoms with Gasteiger partial charge in [-0.05, 0) is 18.8 Å². The van der Waals surface area contributed by atoms with E-state index >= 15 is 0 Å². The molecule has 1 heterocycles. The van der Waals surface area contributed by atoms with Crippen molar-refractivity contribution in [1.29, 1.82) is 0 Å². The molecule has 0 saturated carbocycles. The quantitative estimate of drug-likeness (QED) is 0.793. The SMILES string of the molecule is CCC(CC)(CO)CN1CC(C)CS1(=O)=O. The number of hydrogen-bond acceptors (Lipinski definition) is 3. The average molecular weight is 249 g/mol. The second-order valence-corrected chi connectivity index (χ2v) is 7.06. The monoisotopic (exact) mass is 249 g/mol. The zero-order valence-corrected chi connectivity index (χ0v) is 11.3. The number of aliphatic hydroxyl groups is 1. The Hall–Kier alpha value is -0.130. The third-order valence-electron chi connectivity index (χ3n) is 3.75. The molecular weight excluding hydrogens is 226 g/mol. The Kier molecular flexibility index (Phi) is 4.37. The van der Waals surface area contributed by atoms with E-state index in [4.69, 9.17) is 0 Å². The van der Waals surface area contributed by atoms with E-state index in [0.717, 1.165) is 12.8 Å². The summed E-state index contributed by atoms with van der Waals surface area (Å²) in [5.74, 6) is 0.456. The Morgan fingerprint density at radius 1 is 1.38 bits per heavy atom. The minimum atomic E-state index is -3.08. The number of sulfonamides is 1. The van der Waals surface area contributed by atoms with E-state index < -0.39 is 10.0 Å². The Bertz CT molecular complexity index is 314. The maximum Gasteiger partial charge on any atom is 0.214 e. The van der Waals surface area contributed by atoms with Crippen LogP contribution in [0.25, 0.3) is 0 Å². The second kappa shape index (κ2) is 5.02. The first kappa shape index (κ1) is 13.9. The molecule has 1 unspecified atom stereocenters. The maximum absolute atomic E-state index is 11.8. The zero-order valence-electron chi connectivity index (χ0n) is 10.4. The van der Waals surface area contributed by atoms with E-state index in [9.17, 15) is 13.5 Å². The molecule has 0 aromatic rings. The van der Waals surface area contributed by atoms with Gasteiger partial charge in [0.15, 0.2) is 0 Å². The highest BCUT2D eigenvalue weighted by atomic mass is 32.2. The lowest BCUT2D eigenvalue weighted by Crippen LogP contribution is -2.40. The molecular formula is C11H23NO3S. The summed E-state index contributed by atoms with van der Waals surface area (Å²) in [5, 5.41) is 9.45.